The number of nitrogens with one attached hydrogen (secondary N) is 2. The quantitative estimate of drug-likeness (QED) is 0.498. The highest BCUT2D eigenvalue weighted by atomic mass is 16.5. The van der Waals surface area contributed by atoms with Crippen LogP contribution < -0.4 is 21.0 Å². The SMILES string of the molecule is CCCCc1cc(=O)oc2c(C)c(O[C@@H](C)C(=O)NCC(=O)NCC(=O)O)ccc12. The maximum absolute atomic E-state index is 12.2. The lowest BCUT2D eigenvalue weighted by Gasteiger charge is -2.17. The van der Waals surface area contributed by atoms with Crippen molar-refractivity contribution >= 4 is 28.8 Å². The van der Waals surface area contributed by atoms with Gasteiger partial charge in [0.05, 0.1) is 6.54 Å². The van der Waals surface area contributed by atoms with E-state index in [0.717, 1.165) is 30.2 Å². The molecule has 1 aromatic carbocycles. The van der Waals surface area contributed by atoms with Crippen LogP contribution in [0, 0.1) is 6.92 Å². The third kappa shape index (κ3) is 6.07. The minimum atomic E-state index is -1.18. The molecule has 2 rings (SSSR count). The Hall–Kier alpha value is -3.36. The molecule has 0 aliphatic heterocycles. The van der Waals surface area contributed by atoms with Crippen molar-refractivity contribution in [2.24, 2.45) is 0 Å². The van der Waals surface area contributed by atoms with Crippen LogP contribution >= 0.6 is 0 Å². The monoisotopic (exact) mass is 418 g/mol. The first-order chi connectivity index (χ1) is 14.2. The summed E-state index contributed by atoms with van der Waals surface area (Å²) in [6, 6.07) is 5.02. The molecule has 9 nitrogen and oxygen atoms in total. The van der Waals surface area contributed by atoms with Gasteiger partial charge >= 0.3 is 11.6 Å². The number of carbonyl (C=O) groups excluding carboxylic acids is 2. The highest BCUT2D eigenvalue weighted by Gasteiger charge is 2.19. The van der Waals surface area contributed by atoms with Crippen LogP contribution in [0.15, 0.2) is 27.4 Å². The van der Waals surface area contributed by atoms with Crippen LogP contribution in [-0.2, 0) is 20.8 Å². The molecule has 30 heavy (non-hydrogen) atoms. The van der Waals surface area contributed by atoms with E-state index >= 15 is 0 Å². The second kappa shape index (κ2) is 10.4. The molecule has 0 spiro atoms. The zero-order valence-electron chi connectivity index (χ0n) is 17.2. The first-order valence-electron chi connectivity index (χ1n) is 9.72. The van der Waals surface area contributed by atoms with Crippen LogP contribution in [0.3, 0.4) is 0 Å². The van der Waals surface area contributed by atoms with E-state index in [9.17, 15) is 19.2 Å². The molecule has 1 atom stereocenters. The first-order valence-corrected chi connectivity index (χ1v) is 9.72. The molecule has 0 aliphatic carbocycles. The Morgan fingerprint density at radius 2 is 1.93 bits per heavy atom. The molecule has 0 saturated carbocycles. The number of unbranched alkanes of at least 4 members (excludes halogenated alkanes) is 1. The van der Waals surface area contributed by atoms with Crippen molar-refractivity contribution in [3.63, 3.8) is 0 Å². The van der Waals surface area contributed by atoms with Gasteiger partial charge in [-0.1, -0.05) is 13.3 Å². The number of aliphatic carboxylic acids is 1. The van der Waals surface area contributed by atoms with E-state index in [1.807, 2.05) is 0 Å². The average molecular weight is 418 g/mol. The molecule has 9 heteroatoms. The molecular weight excluding hydrogens is 392 g/mol. The lowest BCUT2D eigenvalue weighted by Crippen LogP contribution is -2.43. The van der Waals surface area contributed by atoms with Gasteiger partial charge in [0.1, 0.15) is 17.9 Å². The fourth-order valence-electron chi connectivity index (χ4n) is 2.90. The van der Waals surface area contributed by atoms with Crippen LogP contribution in [-0.4, -0.2) is 42.1 Å². The Morgan fingerprint density at radius 1 is 1.20 bits per heavy atom. The fourth-order valence-corrected chi connectivity index (χ4v) is 2.90. The Bertz CT molecular complexity index is 997. The first kappa shape index (κ1) is 22.9. The largest absolute Gasteiger partial charge is 0.480 e. The van der Waals surface area contributed by atoms with E-state index in [0.29, 0.717) is 16.9 Å². The van der Waals surface area contributed by atoms with Gasteiger partial charge in [-0.2, -0.15) is 0 Å². The Labute approximate surface area is 173 Å². The summed E-state index contributed by atoms with van der Waals surface area (Å²) in [7, 11) is 0. The minimum Gasteiger partial charge on any atom is -0.480 e. The summed E-state index contributed by atoms with van der Waals surface area (Å²) in [5.74, 6) is -1.96. The molecule has 162 valence electrons. The van der Waals surface area contributed by atoms with Crippen molar-refractivity contribution in [1.82, 2.24) is 10.6 Å². The van der Waals surface area contributed by atoms with Crippen LogP contribution in [0.1, 0.15) is 37.8 Å². The van der Waals surface area contributed by atoms with E-state index in [-0.39, 0.29) is 6.54 Å². The highest BCUT2D eigenvalue weighted by Crippen LogP contribution is 2.29. The van der Waals surface area contributed by atoms with Crippen molar-refractivity contribution < 1.29 is 28.6 Å². The molecule has 3 N–H and O–H groups in total. The van der Waals surface area contributed by atoms with Crippen LogP contribution in [0.4, 0.5) is 0 Å². The van der Waals surface area contributed by atoms with E-state index < -0.39 is 36.1 Å². The number of fused-ring (bicyclic) bond motifs is 1. The van der Waals surface area contributed by atoms with Gasteiger partial charge in [0.25, 0.3) is 5.91 Å². The van der Waals surface area contributed by atoms with Crippen molar-refractivity contribution in [2.45, 2.75) is 46.1 Å². The standard InChI is InChI=1S/C21H26N2O7/c1-4-5-6-14-9-19(27)30-20-12(2)16(8-7-15(14)20)29-13(3)21(28)23-10-17(24)22-11-18(25)26/h7-9,13H,4-6,10-11H2,1-3H3,(H,22,24)(H,23,28)(H,25,26)/t13-/m0/s1. The number of ether oxygens (including phenoxy) is 1. The smallest absolute Gasteiger partial charge is 0.336 e. The Balaban J connectivity index is 2.10. The van der Waals surface area contributed by atoms with Crippen molar-refractivity contribution in [1.29, 1.82) is 0 Å². The number of hydrogen-bond acceptors (Lipinski definition) is 6. The Morgan fingerprint density at radius 3 is 2.60 bits per heavy atom. The molecular formula is C21H26N2O7. The molecule has 0 saturated heterocycles. The number of aryl methyl sites for hydroxylation is 2. The fraction of sp³-hybridized carbons (Fsp3) is 0.429. The van der Waals surface area contributed by atoms with Gasteiger partial charge < -0.3 is 24.9 Å². The third-order valence-electron chi connectivity index (χ3n) is 4.53. The molecule has 1 aromatic heterocycles. The number of hydrogen-bond donors (Lipinski definition) is 3. The summed E-state index contributed by atoms with van der Waals surface area (Å²) in [5, 5.41) is 13.9. The number of benzene rings is 1. The van der Waals surface area contributed by atoms with Crippen molar-refractivity contribution in [3.05, 3.63) is 39.7 Å². The summed E-state index contributed by atoms with van der Waals surface area (Å²) < 4.78 is 11.1. The third-order valence-corrected chi connectivity index (χ3v) is 4.53. The summed E-state index contributed by atoms with van der Waals surface area (Å²) in [6.45, 7) is 4.44. The van der Waals surface area contributed by atoms with Crippen LogP contribution in [0.25, 0.3) is 11.0 Å². The van der Waals surface area contributed by atoms with Gasteiger partial charge in [-0.15, -0.1) is 0 Å². The predicted octanol–water partition coefficient (Wildman–Crippen LogP) is 1.53. The molecule has 0 fully saturated rings. The zero-order valence-corrected chi connectivity index (χ0v) is 17.2. The zero-order chi connectivity index (χ0) is 22.3. The molecule has 2 aromatic rings. The maximum Gasteiger partial charge on any atom is 0.336 e. The number of carboxylic acid groups (broad SMARTS) is 1. The van der Waals surface area contributed by atoms with E-state index in [1.54, 1.807) is 19.1 Å². The average Bonchev–Trinajstić information content (AvgIpc) is 2.70. The van der Waals surface area contributed by atoms with Crippen LogP contribution in [0.5, 0.6) is 5.75 Å². The predicted molar refractivity (Wildman–Crippen MR) is 110 cm³/mol. The second-order valence-corrected chi connectivity index (χ2v) is 6.91. The van der Waals surface area contributed by atoms with Crippen molar-refractivity contribution in [2.75, 3.05) is 13.1 Å². The van der Waals surface area contributed by atoms with Gasteiger partial charge in [-0.05, 0) is 44.4 Å². The van der Waals surface area contributed by atoms with Gasteiger partial charge in [0, 0.05) is 17.0 Å². The van der Waals surface area contributed by atoms with E-state index in [4.69, 9.17) is 14.3 Å². The molecule has 2 amide bonds. The summed E-state index contributed by atoms with van der Waals surface area (Å²) in [5.41, 5.74) is 1.50. The number of carboxylic acids is 1. The normalized spacial score (nSPS) is 11.7. The summed E-state index contributed by atoms with van der Waals surface area (Å²) in [4.78, 5) is 46.1. The topological polar surface area (TPSA) is 135 Å². The highest BCUT2D eigenvalue weighted by molar-refractivity contribution is 5.88. The minimum absolute atomic E-state index is 0.369. The summed E-state index contributed by atoms with van der Waals surface area (Å²) >= 11 is 0. The molecule has 0 bridgehead atoms. The van der Waals surface area contributed by atoms with Crippen LogP contribution in [0.2, 0.25) is 0 Å². The van der Waals surface area contributed by atoms with E-state index in [2.05, 4.69) is 17.6 Å². The number of carbonyl (C=O) groups is 3. The number of amides is 2. The molecule has 0 radical (unpaired) electrons. The molecule has 0 aliphatic rings. The maximum atomic E-state index is 12.2. The van der Waals surface area contributed by atoms with Gasteiger partial charge in [0.15, 0.2) is 6.10 Å². The lowest BCUT2D eigenvalue weighted by molar-refractivity contribution is -0.137. The van der Waals surface area contributed by atoms with Crippen molar-refractivity contribution in [3.8, 4) is 5.75 Å². The number of rotatable bonds is 10. The van der Waals surface area contributed by atoms with Gasteiger partial charge in [0.2, 0.25) is 5.91 Å². The molecule has 0 unspecified atom stereocenters. The second-order valence-electron chi connectivity index (χ2n) is 6.91. The summed E-state index contributed by atoms with van der Waals surface area (Å²) in [6.07, 6.45) is 1.79. The van der Waals surface area contributed by atoms with E-state index in [1.165, 1.54) is 13.0 Å². The Kier molecular flexibility index (Phi) is 7.97. The van der Waals surface area contributed by atoms with Gasteiger partial charge in [-0.25, -0.2) is 4.79 Å². The van der Waals surface area contributed by atoms with Gasteiger partial charge in [-0.3, -0.25) is 14.4 Å². The lowest BCUT2D eigenvalue weighted by atomic mass is 10.0. The molecule has 1 heterocycles.